The summed E-state index contributed by atoms with van der Waals surface area (Å²) in [6.07, 6.45) is 5.12. The first kappa shape index (κ1) is 10.5. The number of hydrogen-bond donors (Lipinski definition) is 0. The van der Waals surface area contributed by atoms with Crippen LogP contribution in [0, 0.1) is 0 Å². The van der Waals surface area contributed by atoms with Crippen molar-refractivity contribution in [1.82, 2.24) is 0 Å². The molecule has 1 aromatic rings. The lowest BCUT2D eigenvalue weighted by Gasteiger charge is -1.98. The molecule has 0 radical (unpaired) electrons. The summed E-state index contributed by atoms with van der Waals surface area (Å²) in [5.41, 5.74) is 1.68. The van der Waals surface area contributed by atoms with Gasteiger partial charge in [-0.1, -0.05) is 31.2 Å². The first-order chi connectivity index (χ1) is 6.77. The standard InChI is InChI=1S/C12H14O2/c1-3-4-5-10-6-8-11(9-7-10)12(13)14-2/h4-9H,3H2,1-2H3/b5-4+. The van der Waals surface area contributed by atoms with Crippen molar-refractivity contribution in [2.75, 3.05) is 7.11 Å². The summed E-state index contributed by atoms with van der Waals surface area (Å²) >= 11 is 0. The van der Waals surface area contributed by atoms with E-state index in [1.54, 1.807) is 12.1 Å². The Kier molecular flexibility index (Phi) is 3.92. The van der Waals surface area contributed by atoms with Crippen molar-refractivity contribution < 1.29 is 9.53 Å². The Morgan fingerprint density at radius 3 is 2.50 bits per heavy atom. The number of allylic oxidation sites excluding steroid dienone is 1. The summed E-state index contributed by atoms with van der Waals surface area (Å²) in [6, 6.07) is 7.33. The lowest BCUT2D eigenvalue weighted by molar-refractivity contribution is 0.0601. The molecule has 0 unspecified atom stereocenters. The zero-order valence-corrected chi connectivity index (χ0v) is 8.49. The van der Waals surface area contributed by atoms with E-state index in [1.807, 2.05) is 18.2 Å². The molecular weight excluding hydrogens is 176 g/mol. The molecule has 1 aromatic carbocycles. The van der Waals surface area contributed by atoms with Crippen LogP contribution >= 0.6 is 0 Å². The molecule has 2 nitrogen and oxygen atoms in total. The molecule has 0 aromatic heterocycles. The van der Waals surface area contributed by atoms with Gasteiger partial charge in [-0.2, -0.15) is 0 Å². The second-order valence-corrected chi connectivity index (χ2v) is 2.92. The number of ether oxygens (including phenoxy) is 1. The Morgan fingerprint density at radius 2 is 2.00 bits per heavy atom. The van der Waals surface area contributed by atoms with Gasteiger partial charge in [-0.25, -0.2) is 4.79 Å². The minimum atomic E-state index is -0.295. The molecule has 0 amide bonds. The predicted molar refractivity (Wildman–Crippen MR) is 57.1 cm³/mol. The monoisotopic (exact) mass is 190 g/mol. The molecule has 1 rings (SSSR count). The minimum absolute atomic E-state index is 0.295. The van der Waals surface area contributed by atoms with Gasteiger partial charge < -0.3 is 4.74 Å². The molecule has 0 atom stereocenters. The summed E-state index contributed by atoms with van der Waals surface area (Å²) < 4.78 is 4.60. The van der Waals surface area contributed by atoms with Gasteiger partial charge in [0.1, 0.15) is 0 Å². The number of carbonyl (C=O) groups excluding carboxylic acids is 1. The van der Waals surface area contributed by atoms with E-state index in [4.69, 9.17) is 0 Å². The van der Waals surface area contributed by atoms with Crippen LogP contribution in [0.5, 0.6) is 0 Å². The van der Waals surface area contributed by atoms with E-state index in [1.165, 1.54) is 7.11 Å². The fourth-order valence-corrected chi connectivity index (χ4v) is 1.10. The third kappa shape index (κ3) is 2.73. The maximum absolute atomic E-state index is 11.1. The first-order valence-electron chi connectivity index (χ1n) is 4.63. The number of benzene rings is 1. The molecule has 74 valence electrons. The van der Waals surface area contributed by atoms with Crippen LogP contribution in [-0.2, 0) is 4.74 Å². The second-order valence-electron chi connectivity index (χ2n) is 2.92. The molecule has 14 heavy (non-hydrogen) atoms. The quantitative estimate of drug-likeness (QED) is 0.685. The van der Waals surface area contributed by atoms with Gasteiger partial charge >= 0.3 is 5.97 Å². The van der Waals surface area contributed by atoms with Gasteiger partial charge in [0.25, 0.3) is 0 Å². The minimum Gasteiger partial charge on any atom is -0.465 e. The van der Waals surface area contributed by atoms with Gasteiger partial charge in [-0.15, -0.1) is 0 Å². The number of carbonyl (C=O) groups is 1. The Labute approximate surface area is 84.2 Å². The van der Waals surface area contributed by atoms with Crippen LogP contribution < -0.4 is 0 Å². The number of rotatable bonds is 3. The van der Waals surface area contributed by atoms with E-state index >= 15 is 0 Å². The zero-order chi connectivity index (χ0) is 10.4. The highest BCUT2D eigenvalue weighted by Crippen LogP contribution is 2.07. The number of hydrogen-bond acceptors (Lipinski definition) is 2. The lowest BCUT2D eigenvalue weighted by Crippen LogP contribution is -2.00. The highest BCUT2D eigenvalue weighted by molar-refractivity contribution is 5.89. The molecule has 0 bridgehead atoms. The Morgan fingerprint density at radius 1 is 1.36 bits per heavy atom. The van der Waals surface area contributed by atoms with Gasteiger partial charge in [0.05, 0.1) is 12.7 Å². The normalized spacial score (nSPS) is 10.4. The fourth-order valence-electron chi connectivity index (χ4n) is 1.10. The maximum Gasteiger partial charge on any atom is 0.337 e. The number of methoxy groups -OCH3 is 1. The van der Waals surface area contributed by atoms with Crippen LogP contribution in [0.25, 0.3) is 6.08 Å². The largest absolute Gasteiger partial charge is 0.465 e. The van der Waals surface area contributed by atoms with Crippen molar-refractivity contribution in [2.24, 2.45) is 0 Å². The van der Waals surface area contributed by atoms with Crippen molar-refractivity contribution in [2.45, 2.75) is 13.3 Å². The Hall–Kier alpha value is -1.57. The molecule has 0 saturated heterocycles. The third-order valence-corrected chi connectivity index (χ3v) is 1.88. The topological polar surface area (TPSA) is 26.3 Å². The van der Waals surface area contributed by atoms with Gasteiger partial charge in [-0.3, -0.25) is 0 Å². The predicted octanol–water partition coefficient (Wildman–Crippen LogP) is 2.90. The summed E-state index contributed by atoms with van der Waals surface area (Å²) in [4.78, 5) is 11.1. The molecule has 0 aliphatic rings. The molecule has 0 N–H and O–H groups in total. The summed E-state index contributed by atoms with van der Waals surface area (Å²) in [5.74, 6) is -0.295. The van der Waals surface area contributed by atoms with Crippen molar-refractivity contribution >= 4 is 12.0 Å². The van der Waals surface area contributed by atoms with E-state index < -0.39 is 0 Å². The van der Waals surface area contributed by atoms with E-state index in [0.717, 1.165) is 12.0 Å². The molecule has 0 spiro atoms. The van der Waals surface area contributed by atoms with E-state index in [-0.39, 0.29) is 5.97 Å². The molecule has 2 heteroatoms. The van der Waals surface area contributed by atoms with E-state index in [2.05, 4.69) is 17.7 Å². The molecule has 0 fully saturated rings. The SMILES string of the molecule is CC/C=C/c1ccc(C(=O)OC)cc1. The molecule has 0 saturated carbocycles. The van der Waals surface area contributed by atoms with Crippen molar-refractivity contribution in [3.8, 4) is 0 Å². The second kappa shape index (κ2) is 5.22. The summed E-state index contributed by atoms with van der Waals surface area (Å²) in [6.45, 7) is 2.08. The van der Waals surface area contributed by atoms with E-state index in [9.17, 15) is 4.79 Å². The average Bonchev–Trinajstić information content (AvgIpc) is 2.26. The average molecular weight is 190 g/mol. The van der Waals surface area contributed by atoms with Gasteiger partial charge in [0.2, 0.25) is 0 Å². The molecule has 0 aliphatic carbocycles. The van der Waals surface area contributed by atoms with Crippen molar-refractivity contribution in [3.63, 3.8) is 0 Å². The molecule has 0 aliphatic heterocycles. The van der Waals surface area contributed by atoms with Crippen LogP contribution in [0.1, 0.15) is 29.3 Å². The zero-order valence-electron chi connectivity index (χ0n) is 8.49. The first-order valence-corrected chi connectivity index (χ1v) is 4.63. The highest BCUT2D eigenvalue weighted by atomic mass is 16.5. The van der Waals surface area contributed by atoms with Gasteiger partial charge in [0, 0.05) is 0 Å². The maximum atomic E-state index is 11.1. The molecular formula is C12H14O2. The van der Waals surface area contributed by atoms with Gasteiger partial charge in [0.15, 0.2) is 0 Å². The highest BCUT2D eigenvalue weighted by Gasteiger charge is 2.02. The molecule has 0 heterocycles. The van der Waals surface area contributed by atoms with Crippen molar-refractivity contribution in [3.05, 3.63) is 41.5 Å². The summed E-state index contributed by atoms with van der Waals surface area (Å²) in [5, 5.41) is 0. The third-order valence-electron chi connectivity index (χ3n) is 1.88. The van der Waals surface area contributed by atoms with Crippen molar-refractivity contribution in [1.29, 1.82) is 0 Å². The van der Waals surface area contributed by atoms with Crippen LogP contribution in [0.4, 0.5) is 0 Å². The van der Waals surface area contributed by atoms with Crippen LogP contribution in [0.2, 0.25) is 0 Å². The Bertz CT molecular complexity index is 323. The van der Waals surface area contributed by atoms with Crippen LogP contribution in [-0.4, -0.2) is 13.1 Å². The van der Waals surface area contributed by atoms with E-state index in [0.29, 0.717) is 5.56 Å². The smallest absolute Gasteiger partial charge is 0.337 e. The number of esters is 1. The Balaban J connectivity index is 2.78. The van der Waals surface area contributed by atoms with Crippen LogP contribution in [0.15, 0.2) is 30.3 Å². The van der Waals surface area contributed by atoms with Crippen LogP contribution in [0.3, 0.4) is 0 Å². The van der Waals surface area contributed by atoms with Gasteiger partial charge in [-0.05, 0) is 24.1 Å². The lowest BCUT2D eigenvalue weighted by atomic mass is 10.1. The fraction of sp³-hybridized carbons (Fsp3) is 0.250. The summed E-state index contributed by atoms with van der Waals surface area (Å²) in [7, 11) is 1.38.